The van der Waals surface area contributed by atoms with Gasteiger partial charge in [-0.05, 0) is 37.6 Å². The predicted octanol–water partition coefficient (Wildman–Crippen LogP) is 5.90. The van der Waals surface area contributed by atoms with E-state index in [9.17, 15) is 8.78 Å². The van der Waals surface area contributed by atoms with Gasteiger partial charge in [0.1, 0.15) is 11.6 Å². The summed E-state index contributed by atoms with van der Waals surface area (Å²) in [5.74, 6) is -1.09. The molecule has 0 bridgehead atoms. The fourth-order valence-electron chi connectivity index (χ4n) is 2.26. The van der Waals surface area contributed by atoms with Gasteiger partial charge in [-0.1, -0.05) is 44.0 Å². The standard InChI is InChI=1S/C16H15Br2F2N/c1-9(13-5-3-11(17)7-15(13)18)21-10(2)14-6-4-12(19)8-16(14)20/h3-10,21H,1-2H3. The number of hydrogen-bond donors (Lipinski definition) is 1. The normalized spacial score (nSPS) is 14.0. The molecule has 0 saturated carbocycles. The number of halogens is 4. The molecule has 2 aromatic rings. The molecule has 1 nitrogen and oxygen atoms in total. The van der Waals surface area contributed by atoms with Crippen LogP contribution in [0.15, 0.2) is 45.3 Å². The van der Waals surface area contributed by atoms with Gasteiger partial charge in [-0.3, -0.25) is 0 Å². The molecule has 0 fully saturated rings. The summed E-state index contributed by atoms with van der Waals surface area (Å²) < 4.78 is 28.7. The average Bonchev–Trinajstić information content (AvgIpc) is 2.37. The molecule has 112 valence electrons. The maximum absolute atomic E-state index is 13.8. The summed E-state index contributed by atoms with van der Waals surface area (Å²) in [4.78, 5) is 0. The van der Waals surface area contributed by atoms with Crippen molar-refractivity contribution in [1.82, 2.24) is 5.32 Å². The molecule has 0 aliphatic carbocycles. The Morgan fingerprint density at radius 3 is 2.14 bits per heavy atom. The summed E-state index contributed by atoms with van der Waals surface area (Å²) in [5, 5.41) is 3.33. The van der Waals surface area contributed by atoms with Gasteiger partial charge in [0.15, 0.2) is 0 Å². The third-order valence-electron chi connectivity index (χ3n) is 3.36. The zero-order valence-electron chi connectivity index (χ0n) is 11.6. The van der Waals surface area contributed by atoms with Gasteiger partial charge in [-0.15, -0.1) is 0 Å². The van der Waals surface area contributed by atoms with Crippen molar-refractivity contribution in [3.63, 3.8) is 0 Å². The second-order valence-corrected chi connectivity index (χ2v) is 6.71. The van der Waals surface area contributed by atoms with Gasteiger partial charge in [-0.2, -0.15) is 0 Å². The van der Waals surface area contributed by atoms with E-state index in [0.29, 0.717) is 5.56 Å². The minimum atomic E-state index is -0.563. The van der Waals surface area contributed by atoms with Crippen LogP contribution in [0.25, 0.3) is 0 Å². The van der Waals surface area contributed by atoms with Crippen LogP contribution in [0, 0.1) is 11.6 Å². The molecule has 0 aliphatic rings. The van der Waals surface area contributed by atoms with Crippen LogP contribution in [0.3, 0.4) is 0 Å². The molecule has 1 N–H and O–H groups in total. The molecule has 0 aliphatic heterocycles. The van der Waals surface area contributed by atoms with E-state index in [4.69, 9.17) is 0 Å². The number of benzene rings is 2. The first-order valence-corrected chi connectivity index (χ1v) is 8.13. The van der Waals surface area contributed by atoms with Crippen molar-refractivity contribution in [3.05, 3.63) is 68.1 Å². The lowest BCUT2D eigenvalue weighted by Crippen LogP contribution is -2.23. The fourth-order valence-corrected chi connectivity index (χ4v) is 3.65. The molecule has 0 spiro atoms. The molecule has 0 saturated heterocycles. The van der Waals surface area contributed by atoms with Crippen molar-refractivity contribution in [2.45, 2.75) is 25.9 Å². The minimum Gasteiger partial charge on any atom is -0.304 e. The Labute approximate surface area is 140 Å². The lowest BCUT2D eigenvalue weighted by molar-refractivity contribution is 0.469. The van der Waals surface area contributed by atoms with Crippen molar-refractivity contribution in [2.75, 3.05) is 0 Å². The third kappa shape index (κ3) is 4.11. The predicted molar refractivity (Wildman–Crippen MR) is 88.2 cm³/mol. The molecule has 0 radical (unpaired) electrons. The number of rotatable bonds is 4. The third-order valence-corrected chi connectivity index (χ3v) is 4.54. The maximum Gasteiger partial charge on any atom is 0.130 e. The van der Waals surface area contributed by atoms with Gasteiger partial charge >= 0.3 is 0 Å². The first kappa shape index (κ1) is 16.6. The molecular weight excluding hydrogens is 404 g/mol. The summed E-state index contributed by atoms with van der Waals surface area (Å²) in [6.45, 7) is 3.87. The van der Waals surface area contributed by atoms with Crippen LogP contribution in [0.2, 0.25) is 0 Å². The first-order valence-electron chi connectivity index (χ1n) is 6.54. The lowest BCUT2D eigenvalue weighted by atomic mass is 10.0. The van der Waals surface area contributed by atoms with E-state index < -0.39 is 11.6 Å². The summed E-state index contributed by atoms with van der Waals surface area (Å²) in [5.41, 5.74) is 1.53. The van der Waals surface area contributed by atoms with Crippen LogP contribution in [-0.2, 0) is 0 Å². The Morgan fingerprint density at radius 2 is 1.52 bits per heavy atom. The highest BCUT2D eigenvalue weighted by atomic mass is 79.9. The molecule has 0 amide bonds. The van der Waals surface area contributed by atoms with Gasteiger partial charge in [-0.25, -0.2) is 8.78 Å². The van der Waals surface area contributed by atoms with Crippen molar-refractivity contribution in [3.8, 4) is 0 Å². The van der Waals surface area contributed by atoms with Crippen LogP contribution in [0.5, 0.6) is 0 Å². The highest BCUT2D eigenvalue weighted by molar-refractivity contribution is 9.11. The van der Waals surface area contributed by atoms with Crippen molar-refractivity contribution < 1.29 is 8.78 Å². The maximum atomic E-state index is 13.8. The van der Waals surface area contributed by atoms with E-state index in [1.165, 1.54) is 12.1 Å². The van der Waals surface area contributed by atoms with E-state index in [0.717, 1.165) is 20.6 Å². The zero-order valence-corrected chi connectivity index (χ0v) is 14.8. The van der Waals surface area contributed by atoms with Gasteiger partial charge in [0.25, 0.3) is 0 Å². The smallest absolute Gasteiger partial charge is 0.130 e. The SMILES string of the molecule is CC(NC(C)c1ccc(Br)cc1Br)c1ccc(F)cc1F. The summed E-state index contributed by atoms with van der Waals surface area (Å²) >= 11 is 6.94. The van der Waals surface area contributed by atoms with Gasteiger partial charge in [0.05, 0.1) is 0 Å². The molecule has 5 heteroatoms. The van der Waals surface area contributed by atoms with Crippen LogP contribution in [-0.4, -0.2) is 0 Å². The summed E-state index contributed by atoms with van der Waals surface area (Å²) in [7, 11) is 0. The largest absolute Gasteiger partial charge is 0.304 e. The van der Waals surface area contributed by atoms with Crippen molar-refractivity contribution >= 4 is 31.9 Å². The Morgan fingerprint density at radius 1 is 0.905 bits per heavy atom. The molecule has 0 heterocycles. The average molecular weight is 419 g/mol. The zero-order chi connectivity index (χ0) is 15.6. The Balaban J connectivity index is 2.16. The second-order valence-electron chi connectivity index (χ2n) is 4.94. The number of nitrogens with one attached hydrogen (secondary N) is 1. The lowest BCUT2D eigenvalue weighted by Gasteiger charge is -2.22. The Bertz CT molecular complexity index is 591. The highest BCUT2D eigenvalue weighted by Gasteiger charge is 2.16. The fraction of sp³-hybridized carbons (Fsp3) is 0.250. The second kappa shape index (κ2) is 6.99. The molecule has 2 aromatic carbocycles. The van der Waals surface area contributed by atoms with E-state index in [1.807, 2.05) is 32.0 Å². The molecular formula is C16H15Br2F2N. The van der Waals surface area contributed by atoms with Gasteiger partial charge in [0.2, 0.25) is 0 Å². The van der Waals surface area contributed by atoms with Gasteiger partial charge in [0, 0.05) is 32.7 Å². The van der Waals surface area contributed by atoms with E-state index in [1.54, 1.807) is 0 Å². The monoisotopic (exact) mass is 417 g/mol. The topological polar surface area (TPSA) is 12.0 Å². The van der Waals surface area contributed by atoms with Gasteiger partial charge < -0.3 is 5.32 Å². The van der Waals surface area contributed by atoms with Crippen molar-refractivity contribution in [2.24, 2.45) is 0 Å². The molecule has 0 aromatic heterocycles. The van der Waals surface area contributed by atoms with Crippen LogP contribution >= 0.6 is 31.9 Å². The molecule has 2 rings (SSSR count). The summed E-state index contributed by atoms with van der Waals surface area (Å²) in [6.07, 6.45) is 0. The van der Waals surface area contributed by atoms with Crippen LogP contribution < -0.4 is 5.32 Å². The quantitative estimate of drug-likeness (QED) is 0.651. The first-order chi connectivity index (χ1) is 9.88. The van der Waals surface area contributed by atoms with Crippen molar-refractivity contribution in [1.29, 1.82) is 0 Å². The number of hydrogen-bond acceptors (Lipinski definition) is 1. The minimum absolute atomic E-state index is 0.0203. The highest BCUT2D eigenvalue weighted by Crippen LogP contribution is 2.29. The Hall–Kier alpha value is -0.780. The van der Waals surface area contributed by atoms with E-state index in [2.05, 4.69) is 37.2 Å². The van der Waals surface area contributed by atoms with E-state index in [-0.39, 0.29) is 12.1 Å². The van der Waals surface area contributed by atoms with Crippen LogP contribution in [0.4, 0.5) is 8.78 Å². The Kier molecular flexibility index (Phi) is 5.52. The van der Waals surface area contributed by atoms with Crippen LogP contribution in [0.1, 0.15) is 37.1 Å². The summed E-state index contributed by atoms with van der Waals surface area (Å²) in [6, 6.07) is 9.39. The molecule has 21 heavy (non-hydrogen) atoms. The molecule has 2 atom stereocenters. The van der Waals surface area contributed by atoms with E-state index >= 15 is 0 Å². The molecule has 2 unspecified atom stereocenters.